The molecule has 5 nitrogen and oxygen atoms in total. The Morgan fingerprint density at radius 1 is 1.54 bits per heavy atom. The molecule has 5 heteroatoms. The van der Waals surface area contributed by atoms with Crippen LogP contribution in [0.2, 0.25) is 0 Å². The zero-order valence-electron chi connectivity index (χ0n) is 7.23. The van der Waals surface area contributed by atoms with Crippen molar-refractivity contribution < 1.29 is 15.0 Å². The first-order valence-electron chi connectivity index (χ1n) is 4.15. The van der Waals surface area contributed by atoms with Gasteiger partial charge < -0.3 is 15.1 Å². The summed E-state index contributed by atoms with van der Waals surface area (Å²) in [7, 11) is 0. The normalized spacial score (nSPS) is 20.8. The Kier molecular flexibility index (Phi) is 2.73. The number of hydrogen-bond acceptors (Lipinski definition) is 3. The summed E-state index contributed by atoms with van der Waals surface area (Å²) in [6, 6.07) is 1.91. The lowest BCUT2D eigenvalue weighted by molar-refractivity contribution is -0.0128. The molecule has 2 N–H and O–H groups in total. The second kappa shape index (κ2) is 3.62. The molecule has 0 aromatic heterocycles. The molecule has 1 saturated heterocycles. The maximum Gasteiger partial charge on any atom is 0.407 e. The third-order valence-electron chi connectivity index (χ3n) is 2.37. The number of carbonyl (C=O) groups is 1. The lowest BCUT2D eigenvalue weighted by Gasteiger charge is -2.35. The van der Waals surface area contributed by atoms with E-state index in [1.807, 2.05) is 6.07 Å². The number of aliphatic hydroxyl groups is 1. The van der Waals surface area contributed by atoms with Crippen LogP contribution in [0, 0.1) is 11.3 Å². The predicted molar refractivity (Wildman–Crippen MR) is 44.0 cm³/mol. The summed E-state index contributed by atoms with van der Waals surface area (Å²) in [5.74, 6) is 0. The summed E-state index contributed by atoms with van der Waals surface area (Å²) in [6.07, 6.45) is -0.167. The van der Waals surface area contributed by atoms with Gasteiger partial charge in [0, 0.05) is 13.1 Å². The lowest BCUT2D eigenvalue weighted by Crippen LogP contribution is -2.46. The third kappa shape index (κ3) is 2.33. The molecule has 1 aliphatic heterocycles. The van der Waals surface area contributed by atoms with Gasteiger partial charge in [0.1, 0.15) is 0 Å². The highest BCUT2D eigenvalue weighted by Gasteiger charge is 2.33. The summed E-state index contributed by atoms with van der Waals surface area (Å²) in [4.78, 5) is 11.8. The van der Waals surface area contributed by atoms with Gasteiger partial charge in [-0.25, -0.2) is 4.79 Å². The Hall–Kier alpha value is -1.28. The van der Waals surface area contributed by atoms with Gasteiger partial charge in [0.2, 0.25) is 0 Å². The van der Waals surface area contributed by atoms with Gasteiger partial charge in [-0.3, -0.25) is 0 Å². The number of likely N-dealkylation sites (tertiary alicyclic amines) is 1. The van der Waals surface area contributed by atoms with Gasteiger partial charge in [-0.1, -0.05) is 0 Å². The van der Waals surface area contributed by atoms with Crippen LogP contribution in [0.5, 0.6) is 0 Å². The first-order chi connectivity index (χ1) is 6.07. The molecule has 0 unspecified atom stereocenters. The molecule has 1 fully saturated rings. The topological polar surface area (TPSA) is 84.6 Å². The van der Waals surface area contributed by atoms with Crippen molar-refractivity contribution in [3.05, 3.63) is 0 Å². The molecule has 1 heterocycles. The minimum Gasteiger partial charge on any atom is -0.465 e. The first kappa shape index (κ1) is 9.81. The summed E-state index contributed by atoms with van der Waals surface area (Å²) < 4.78 is 0. The molecule has 0 aromatic rings. The fourth-order valence-electron chi connectivity index (χ4n) is 1.44. The number of nitriles is 1. The fraction of sp³-hybridized carbons (Fsp3) is 0.750. The van der Waals surface area contributed by atoms with Gasteiger partial charge in [0.15, 0.2) is 0 Å². The summed E-state index contributed by atoms with van der Waals surface area (Å²) >= 11 is 0. The van der Waals surface area contributed by atoms with Crippen molar-refractivity contribution in [2.45, 2.75) is 24.9 Å². The minimum absolute atomic E-state index is 0.0838. The van der Waals surface area contributed by atoms with E-state index in [0.29, 0.717) is 25.9 Å². The molecule has 0 aliphatic carbocycles. The maximum atomic E-state index is 10.5. The second-order valence-corrected chi connectivity index (χ2v) is 3.33. The molecular formula is C8H12N2O3. The van der Waals surface area contributed by atoms with E-state index in [1.54, 1.807) is 0 Å². The van der Waals surface area contributed by atoms with Gasteiger partial charge in [-0.2, -0.15) is 5.26 Å². The van der Waals surface area contributed by atoms with E-state index in [1.165, 1.54) is 4.90 Å². The van der Waals surface area contributed by atoms with Crippen LogP contribution in [0.15, 0.2) is 0 Å². The van der Waals surface area contributed by atoms with Crippen molar-refractivity contribution in [3.63, 3.8) is 0 Å². The van der Waals surface area contributed by atoms with Crippen molar-refractivity contribution in [1.82, 2.24) is 4.90 Å². The quantitative estimate of drug-likeness (QED) is 0.618. The molecule has 72 valence electrons. The van der Waals surface area contributed by atoms with Crippen LogP contribution in [0.3, 0.4) is 0 Å². The molecule has 0 aromatic carbocycles. The SMILES string of the molecule is N#CCC1(O)CCN(C(=O)O)CC1. The van der Waals surface area contributed by atoms with Crippen molar-refractivity contribution in [1.29, 1.82) is 5.26 Å². The Balaban J connectivity index is 2.47. The highest BCUT2D eigenvalue weighted by molar-refractivity contribution is 5.65. The monoisotopic (exact) mass is 184 g/mol. The average Bonchev–Trinajstić information content (AvgIpc) is 2.05. The lowest BCUT2D eigenvalue weighted by atomic mass is 9.89. The zero-order chi connectivity index (χ0) is 9.90. The Morgan fingerprint density at radius 3 is 2.46 bits per heavy atom. The van der Waals surface area contributed by atoms with Crippen LogP contribution in [0.4, 0.5) is 4.79 Å². The number of piperidine rings is 1. The van der Waals surface area contributed by atoms with Crippen LogP contribution in [0.25, 0.3) is 0 Å². The van der Waals surface area contributed by atoms with Crippen LogP contribution in [-0.4, -0.2) is 39.9 Å². The highest BCUT2D eigenvalue weighted by atomic mass is 16.4. The molecule has 13 heavy (non-hydrogen) atoms. The predicted octanol–water partition coefficient (Wildman–Crippen LogP) is 0.405. The van der Waals surface area contributed by atoms with Crippen molar-refractivity contribution in [2.75, 3.05) is 13.1 Å². The summed E-state index contributed by atoms with van der Waals surface area (Å²) in [5, 5.41) is 26.8. The largest absolute Gasteiger partial charge is 0.465 e. The smallest absolute Gasteiger partial charge is 0.407 e. The average molecular weight is 184 g/mol. The molecule has 0 saturated carbocycles. The van der Waals surface area contributed by atoms with Gasteiger partial charge in [-0.05, 0) is 12.8 Å². The summed E-state index contributed by atoms with van der Waals surface area (Å²) in [6.45, 7) is 0.626. The highest BCUT2D eigenvalue weighted by Crippen LogP contribution is 2.24. The van der Waals surface area contributed by atoms with E-state index in [-0.39, 0.29) is 6.42 Å². The van der Waals surface area contributed by atoms with E-state index in [2.05, 4.69) is 0 Å². The molecular weight excluding hydrogens is 172 g/mol. The molecule has 0 bridgehead atoms. The van der Waals surface area contributed by atoms with Gasteiger partial charge >= 0.3 is 6.09 Å². The maximum absolute atomic E-state index is 10.5. The van der Waals surface area contributed by atoms with Crippen LogP contribution in [0.1, 0.15) is 19.3 Å². The van der Waals surface area contributed by atoms with E-state index >= 15 is 0 Å². The van der Waals surface area contributed by atoms with E-state index < -0.39 is 11.7 Å². The standard InChI is InChI=1S/C8H12N2O3/c9-4-1-8(13)2-5-10(6-3-8)7(11)12/h13H,1-3,5-6H2,(H,11,12). The third-order valence-corrected chi connectivity index (χ3v) is 2.37. The van der Waals surface area contributed by atoms with Crippen LogP contribution < -0.4 is 0 Å². The molecule has 0 radical (unpaired) electrons. The van der Waals surface area contributed by atoms with Gasteiger partial charge in [0.05, 0.1) is 18.1 Å². The van der Waals surface area contributed by atoms with Crippen molar-refractivity contribution >= 4 is 6.09 Å². The molecule has 1 aliphatic rings. The van der Waals surface area contributed by atoms with Gasteiger partial charge in [-0.15, -0.1) is 0 Å². The number of carboxylic acid groups (broad SMARTS) is 1. The van der Waals surface area contributed by atoms with E-state index in [4.69, 9.17) is 10.4 Å². The summed E-state index contributed by atoms with van der Waals surface area (Å²) in [5.41, 5.74) is -0.972. The Labute approximate surface area is 76.2 Å². The van der Waals surface area contributed by atoms with Crippen molar-refractivity contribution in [3.8, 4) is 6.07 Å². The minimum atomic E-state index is -0.972. The number of rotatable bonds is 1. The fourth-order valence-corrected chi connectivity index (χ4v) is 1.44. The Morgan fingerprint density at radius 2 is 2.08 bits per heavy atom. The first-order valence-corrected chi connectivity index (χ1v) is 4.15. The van der Waals surface area contributed by atoms with E-state index in [9.17, 15) is 9.90 Å². The number of amides is 1. The van der Waals surface area contributed by atoms with Crippen molar-refractivity contribution in [2.24, 2.45) is 0 Å². The molecule has 1 rings (SSSR count). The van der Waals surface area contributed by atoms with Gasteiger partial charge in [0.25, 0.3) is 0 Å². The number of nitrogens with zero attached hydrogens (tertiary/aromatic N) is 2. The molecule has 0 atom stereocenters. The van der Waals surface area contributed by atoms with Crippen LogP contribution >= 0.6 is 0 Å². The molecule has 0 spiro atoms. The van der Waals surface area contributed by atoms with Crippen LogP contribution in [-0.2, 0) is 0 Å². The van der Waals surface area contributed by atoms with E-state index in [0.717, 1.165) is 0 Å². The second-order valence-electron chi connectivity index (χ2n) is 3.33. The Bertz CT molecular complexity index is 238. The molecule has 1 amide bonds. The number of hydrogen-bond donors (Lipinski definition) is 2. The zero-order valence-corrected chi connectivity index (χ0v) is 7.23.